The SMILES string of the molecule is C=CCNC(=O)CN1CCN(C(=O)CCC2CCCN2)CC1. The largest absolute Gasteiger partial charge is 0.352 e. The minimum Gasteiger partial charge on any atom is -0.352 e. The van der Waals surface area contributed by atoms with Gasteiger partial charge in [0.15, 0.2) is 0 Å². The van der Waals surface area contributed by atoms with Crippen molar-refractivity contribution in [1.29, 1.82) is 0 Å². The Hall–Kier alpha value is -1.40. The van der Waals surface area contributed by atoms with Gasteiger partial charge in [0.2, 0.25) is 11.8 Å². The zero-order chi connectivity index (χ0) is 15.8. The van der Waals surface area contributed by atoms with Crippen LogP contribution in [-0.2, 0) is 9.59 Å². The predicted octanol–water partition coefficient (Wildman–Crippen LogP) is -0.0350. The van der Waals surface area contributed by atoms with Gasteiger partial charge in [0.1, 0.15) is 0 Å². The molecule has 0 spiro atoms. The molecule has 6 nitrogen and oxygen atoms in total. The Kier molecular flexibility index (Phi) is 6.86. The zero-order valence-corrected chi connectivity index (χ0v) is 13.4. The summed E-state index contributed by atoms with van der Waals surface area (Å²) in [4.78, 5) is 27.9. The minimum absolute atomic E-state index is 0.0204. The lowest BCUT2D eigenvalue weighted by molar-refractivity contribution is -0.133. The molecule has 0 aromatic heterocycles. The molecule has 1 atom stereocenters. The molecule has 6 heteroatoms. The van der Waals surface area contributed by atoms with Crippen molar-refractivity contribution in [1.82, 2.24) is 20.4 Å². The van der Waals surface area contributed by atoms with E-state index in [2.05, 4.69) is 22.1 Å². The molecule has 2 aliphatic heterocycles. The molecular weight excluding hydrogens is 280 g/mol. The monoisotopic (exact) mass is 308 g/mol. The fourth-order valence-electron chi connectivity index (χ4n) is 3.06. The van der Waals surface area contributed by atoms with E-state index in [4.69, 9.17) is 0 Å². The van der Waals surface area contributed by atoms with E-state index in [0.29, 0.717) is 25.6 Å². The number of hydrogen-bond donors (Lipinski definition) is 2. The van der Waals surface area contributed by atoms with Crippen molar-refractivity contribution >= 4 is 11.8 Å². The third-order valence-electron chi connectivity index (χ3n) is 4.40. The molecule has 2 amide bonds. The van der Waals surface area contributed by atoms with Crippen molar-refractivity contribution < 1.29 is 9.59 Å². The molecule has 0 aromatic rings. The van der Waals surface area contributed by atoms with Gasteiger partial charge in [-0.25, -0.2) is 0 Å². The summed E-state index contributed by atoms with van der Waals surface area (Å²) in [6, 6.07) is 0.527. The van der Waals surface area contributed by atoms with Gasteiger partial charge in [-0.1, -0.05) is 6.08 Å². The number of hydrogen-bond acceptors (Lipinski definition) is 4. The number of carbonyl (C=O) groups excluding carboxylic acids is 2. The zero-order valence-electron chi connectivity index (χ0n) is 13.4. The molecule has 0 aliphatic carbocycles. The van der Waals surface area contributed by atoms with E-state index in [1.165, 1.54) is 12.8 Å². The van der Waals surface area contributed by atoms with E-state index >= 15 is 0 Å². The van der Waals surface area contributed by atoms with E-state index in [1.54, 1.807) is 6.08 Å². The van der Waals surface area contributed by atoms with Crippen LogP contribution in [0.5, 0.6) is 0 Å². The number of piperazine rings is 1. The van der Waals surface area contributed by atoms with Gasteiger partial charge >= 0.3 is 0 Å². The highest BCUT2D eigenvalue weighted by atomic mass is 16.2. The topological polar surface area (TPSA) is 64.7 Å². The summed E-state index contributed by atoms with van der Waals surface area (Å²) in [6.45, 7) is 8.58. The Balaban J connectivity index is 1.62. The molecule has 2 fully saturated rings. The molecule has 2 aliphatic rings. The van der Waals surface area contributed by atoms with E-state index in [9.17, 15) is 9.59 Å². The lowest BCUT2D eigenvalue weighted by Crippen LogP contribution is -2.51. The minimum atomic E-state index is 0.0204. The molecular formula is C16H28N4O2. The van der Waals surface area contributed by atoms with Crippen LogP contribution in [-0.4, -0.2) is 73.5 Å². The van der Waals surface area contributed by atoms with E-state index in [0.717, 1.165) is 39.1 Å². The van der Waals surface area contributed by atoms with Crippen LogP contribution in [0, 0.1) is 0 Å². The molecule has 2 N–H and O–H groups in total. The number of nitrogens with zero attached hydrogens (tertiary/aromatic N) is 2. The van der Waals surface area contributed by atoms with Crippen LogP contribution in [0.15, 0.2) is 12.7 Å². The average molecular weight is 308 g/mol. The lowest BCUT2D eigenvalue weighted by Gasteiger charge is -2.34. The summed E-state index contributed by atoms with van der Waals surface area (Å²) in [6.07, 6.45) is 5.68. The fraction of sp³-hybridized carbons (Fsp3) is 0.750. The van der Waals surface area contributed by atoms with Crippen LogP contribution in [0.2, 0.25) is 0 Å². The van der Waals surface area contributed by atoms with Gasteiger partial charge in [0.05, 0.1) is 6.54 Å². The van der Waals surface area contributed by atoms with Gasteiger partial charge in [-0.05, 0) is 25.8 Å². The second kappa shape index (κ2) is 8.90. The van der Waals surface area contributed by atoms with Gasteiger partial charge < -0.3 is 15.5 Å². The van der Waals surface area contributed by atoms with Gasteiger partial charge in [-0.3, -0.25) is 14.5 Å². The molecule has 0 radical (unpaired) electrons. The summed E-state index contributed by atoms with van der Waals surface area (Å²) in [5.41, 5.74) is 0. The van der Waals surface area contributed by atoms with Crippen LogP contribution in [0.4, 0.5) is 0 Å². The van der Waals surface area contributed by atoms with Crippen LogP contribution in [0.25, 0.3) is 0 Å². The summed E-state index contributed by atoms with van der Waals surface area (Å²) < 4.78 is 0. The van der Waals surface area contributed by atoms with Crippen LogP contribution < -0.4 is 10.6 Å². The maximum absolute atomic E-state index is 12.2. The molecule has 1 unspecified atom stereocenters. The number of amides is 2. The number of carbonyl (C=O) groups is 2. The molecule has 124 valence electrons. The van der Waals surface area contributed by atoms with Crippen molar-refractivity contribution in [3.63, 3.8) is 0 Å². The Morgan fingerprint density at radius 2 is 2.05 bits per heavy atom. The van der Waals surface area contributed by atoms with Crippen molar-refractivity contribution in [3.8, 4) is 0 Å². The molecule has 22 heavy (non-hydrogen) atoms. The Morgan fingerprint density at radius 1 is 1.27 bits per heavy atom. The van der Waals surface area contributed by atoms with Crippen LogP contribution in [0.1, 0.15) is 25.7 Å². The molecule has 2 saturated heterocycles. The van der Waals surface area contributed by atoms with E-state index < -0.39 is 0 Å². The molecule has 0 saturated carbocycles. The fourth-order valence-corrected chi connectivity index (χ4v) is 3.06. The molecule has 0 bridgehead atoms. The number of rotatable bonds is 7. The van der Waals surface area contributed by atoms with Crippen molar-refractivity contribution in [2.24, 2.45) is 0 Å². The first kappa shape index (κ1) is 17.0. The van der Waals surface area contributed by atoms with Crippen molar-refractivity contribution in [3.05, 3.63) is 12.7 Å². The van der Waals surface area contributed by atoms with Gasteiger partial charge in [-0.2, -0.15) is 0 Å². The maximum atomic E-state index is 12.2. The smallest absolute Gasteiger partial charge is 0.234 e. The molecule has 2 rings (SSSR count). The summed E-state index contributed by atoms with van der Waals surface area (Å²) in [5, 5.41) is 6.21. The first-order valence-electron chi connectivity index (χ1n) is 8.30. The highest BCUT2D eigenvalue weighted by molar-refractivity contribution is 5.78. The second-order valence-corrected chi connectivity index (χ2v) is 6.08. The van der Waals surface area contributed by atoms with Gasteiger partial charge in [0.25, 0.3) is 0 Å². The Bertz CT molecular complexity index is 386. The highest BCUT2D eigenvalue weighted by Crippen LogP contribution is 2.12. The summed E-state index contributed by atoms with van der Waals surface area (Å²) in [5.74, 6) is 0.274. The Labute approximate surface area is 132 Å². The average Bonchev–Trinajstić information content (AvgIpc) is 3.05. The second-order valence-electron chi connectivity index (χ2n) is 6.08. The van der Waals surface area contributed by atoms with Crippen molar-refractivity contribution in [2.45, 2.75) is 31.7 Å². The van der Waals surface area contributed by atoms with Crippen molar-refractivity contribution in [2.75, 3.05) is 45.8 Å². The first-order valence-corrected chi connectivity index (χ1v) is 8.30. The first-order chi connectivity index (χ1) is 10.7. The van der Waals surface area contributed by atoms with Crippen LogP contribution in [0.3, 0.4) is 0 Å². The third-order valence-corrected chi connectivity index (χ3v) is 4.40. The van der Waals surface area contributed by atoms with E-state index in [-0.39, 0.29) is 11.8 Å². The standard InChI is InChI=1S/C16H28N4O2/c1-2-7-18-15(21)13-19-9-11-20(12-10-19)16(22)6-5-14-4-3-8-17-14/h2,14,17H,1,3-13H2,(H,18,21). The lowest BCUT2D eigenvalue weighted by atomic mass is 10.1. The van der Waals surface area contributed by atoms with E-state index in [1.807, 2.05) is 4.90 Å². The predicted molar refractivity (Wildman–Crippen MR) is 86.5 cm³/mol. The maximum Gasteiger partial charge on any atom is 0.234 e. The van der Waals surface area contributed by atoms with Crippen LogP contribution >= 0.6 is 0 Å². The van der Waals surface area contributed by atoms with Gasteiger partial charge in [0, 0.05) is 45.2 Å². The highest BCUT2D eigenvalue weighted by Gasteiger charge is 2.23. The third kappa shape index (κ3) is 5.42. The molecule has 0 aromatic carbocycles. The van der Waals surface area contributed by atoms with Gasteiger partial charge in [-0.15, -0.1) is 6.58 Å². The quantitative estimate of drug-likeness (QED) is 0.648. The molecule has 2 heterocycles. The summed E-state index contributed by atoms with van der Waals surface area (Å²) >= 11 is 0. The number of nitrogens with one attached hydrogen (secondary N) is 2. The Morgan fingerprint density at radius 3 is 2.68 bits per heavy atom. The summed E-state index contributed by atoms with van der Waals surface area (Å²) in [7, 11) is 0. The normalized spacial score (nSPS) is 22.5.